The number of hydrogen-bond acceptors (Lipinski definition) is 3. The molecule has 0 radical (unpaired) electrons. The second kappa shape index (κ2) is 4.15. The lowest BCUT2D eigenvalue weighted by molar-refractivity contribution is 0.0692. The van der Waals surface area contributed by atoms with Gasteiger partial charge in [0.15, 0.2) is 5.56 Å². The molecule has 0 unspecified atom stereocenters. The Balaban J connectivity index is 2.45. The summed E-state index contributed by atoms with van der Waals surface area (Å²) in [6.45, 7) is 0. The molecule has 0 aromatic carbocycles. The van der Waals surface area contributed by atoms with Gasteiger partial charge in [-0.15, -0.1) is 0 Å². The van der Waals surface area contributed by atoms with Crippen molar-refractivity contribution >= 4 is 5.97 Å². The molecule has 1 aromatic rings. The molecular formula is C11H15NO4. The number of aromatic carboxylic acids is 1. The monoisotopic (exact) mass is 225 g/mol. The van der Waals surface area contributed by atoms with E-state index < -0.39 is 11.6 Å². The van der Waals surface area contributed by atoms with Gasteiger partial charge >= 0.3 is 11.6 Å². The van der Waals surface area contributed by atoms with Crippen molar-refractivity contribution in [2.45, 2.75) is 38.0 Å². The lowest BCUT2D eigenvalue weighted by Gasteiger charge is -2.21. The molecular weight excluding hydrogens is 210 g/mol. The standard InChI is InChI=1S/C11H15NO4/c1-12-9(7-5-3-2-4-6-7)8(10(13)14)11(15)16-12/h7H,2-6H2,1H3,(H,13,14). The van der Waals surface area contributed by atoms with Gasteiger partial charge < -0.3 is 9.63 Å². The first kappa shape index (κ1) is 11.0. The number of hydrogen-bond donors (Lipinski definition) is 1. The largest absolute Gasteiger partial charge is 0.477 e. The van der Waals surface area contributed by atoms with Crippen LogP contribution in [0.3, 0.4) is 0 Å². The van der Waals surface area contributed by atoms with Crippen molar-refractivity contribution in [2.75, 3.05) is 0 Å². The molecule has 1 aliphatic rings. The van der Waals surface area contributed by atoms with Crippen LogP contribution in [0.15, 0.2) is 9.32 Å². The average molecular weight is 225 g/mol. The summed E-state index contributed by atoms with van der Waals surface area (Å²) in [5.41, 5.74) is -0.373. The van der Waals surface area contributed by atoms with Crippen molar-refractivity contribution in [3.8, 4) is 0 Å². The first-order valence-electron chi connectivity index (χ1n) is 5.54. The van der Waals surface area contributed by atoms with Crippen molar-refractivity contribution in [3.63, 3.8) is 0 Å². The highest BCUT2D eigenvalue weighted by molar-refractivity contribution is 5.88. The molecule has 1 N–H and O–H groups in total. The van der Waals surface area contributed by atoms with Crippen LogP contribution in [0, 0.1) is 0 Å². The Labute approximate surface area is 92.6 Å². The number of carboxylic acids is 1. The summed E-state index contributed by atoms with van der Waals surface area (Å²) in [6, 6.07) is 0. The zero-order valence-electron chi connectivity index (χ0n) is 9.23. The van der Waals surface area contributed by atoms with Gasteiger partial charge in [0.25, 0.3) is 0 Å². The second-order valence-electron chi connectivity index (χ2n) is 4.28. The van der Waals surface area contributed by atoms with Crippen LogP contribution >= 0.6 is 0 Å². The molecule has 0 spiro atoms. The van der Waals surface area contributed by atoms with Crippen LogP contribution in [0.1, 0.15) is 54.1 Å². The van der Waals surface area contributed by atoms with Gasteiger partial charge in [-0.05, 0) is 12.8 Å². The van der Waals surface area contributed by atoms with Gasteiger partial charge in [-0.1, -0.05) is 19.3 Å². The van der Waals surface area contributed by atoms with Gasteiger partial charge in [0.05, 0.1) is 5.69 Å². The fraction of sp³-hybridized carbons (Fsp3) is 0.636. The molecule has 0 bridgehead atoms. The molecule has 5 heteroatoms. The minimum atomic E-state index is -1.19. The molecule has 1 aromatic heterocycles. The SMILES string of the molecule is Cn1oc(=O)c(C(=O)O)c1C1CCCCC1. The Kier molecular flexibility index (Phi) is 2.85. The van der Waals surface area contributed by atoms with Crippen LogP contribution in [-0.2, 0) is 7.05 Å². The van der Waals surface area contributed by atoms with E-state index >= 15 is 0 Å². The highest BCUT2D eigenvalue weighted by Gasteiger charge is 2.28. The van der Waals surface area contributed by atoms with Crippen molar-refractivity contribution in [2.24, 2.45) is 7.05 Å². The normalized spacial score (nSPS) is 17.6. The van der Waals surface area contributed by atoms with E-state index in [-0.39, 0.29) is 11.5 Å². The Hall–Kier alpha value is -1.52. The Morgan fingerprint density at radius 1 is 1.38 bits per heavy atom. The predicted molar refractivity (Wildman–Crippen MR) is 56.7 cm³/mol. The average Bonchev–Trinajstić information content (AvgIpc) is 2.55. The van der Waals surface area contributed by atoms with Gasteiger partial charge in [0.2, 0.25) is 0 Å². The van der Waals surface area contributed by atoms with E-state index in [0.29, 0.717) is 5.69 Å². The molecule has 0 atom stereocenters. The Morgan fingerprint density at radius 2 is 2.00 bits per heavy atom. The second-order valence-corrected chi connectivity index (χ2v) is 4.28. The molecule has 0 saturated heterocycles. The minimum absolute atomic E-state index is 0.149. The van der Waals surface area contributed by atoms with Crippen LogP contribution in [0.4, 0.5) is 0 Å². The van der Waals surface area contributed by atoms with E-state index in [2.05, 4.69) is 0 Å². The van der Waals surface area contributed by atoms with Crippen LogP contribution in [-0.4, -0.2) is 15.8 Å². The number of rotatable bonds is 2. The summed E-state index contributed by atoms with van der Waals surface area (Å²) in [5, 5.41) is 9.02. The Morgan fingerprint density at radius 3 is 2.56 bits per heavy atom. The fourth-order valence-corrected chi connectivity index (χ4v) is 2.52. The molecule has 1 aliphatic carbocycles. The molecule has 1 fully saturated rings. The van der Waals surface area contributed by atoms with Crippen molar-refractivity contribution in [3.05, 3.63) is 21.7 Å². The van der Waals surface area contributed by atoms with Crippen LogP contribution in [0.25, 0.3) is 0 Å². The molecule has 2 rings (SSSR count). The molecule has 0 aliphatic heterocycles. The third kappa shape index (κ3) is 1.77. The van der Waals surface area contributed by atoms with Gasteiger partial charge in [-0.2, -0.15) is 0 Å². The van der Waals surface area contributed by atoms with Gasteiger partial charge in [0.1, 0.15) is 0 Å². The summed E-state index contributed by atoms with van der Waals surface area (Å²) >= 11 is 0. The molecule has 5 nitrogen and oxygen atoms in total. The number of aryl methyl sites for hydroxylation is 1. The van der Waals surface area contributed by atoms with E-state index in [1.54, 1.807) is 7.05 Å². The number of carbonyl (C=O) groups is 1. The van der Waals surface area contributed by atoms with Gasteiger partial charge in [-0.25, -0.2) is 14.3 Å². The van der Waals surface area contributed by atoms with E-state index in [0.717, 1.165) is 25.7 Å². The maximum Gasteiger partial charge on any atom is 0.372 e. The van der Waals surface area contributed by atoms with E-state index in [9.17, 15) is 9.59 Å². The smallest absolute Gasteiger partial charge is 0.372 e. The van der Waals surface area contributed by atoms with Crippen molar-refractivity contribution in [1.82, 2.24) is 4.74 Å². The molecule has 1 saturated carbocycles. The summed E-state index contributed by atoms with van der Waals surface area (Å²) in [4.78, 5) is 22.4. The molecule has 1 heterocycles. The first-order valence-corrected chi connectivity index (χ1v) is 5.54. The third-order valence-corrected chi connectivity index (χ3v) is 3.23. The highest BCUT2D eigenvalue weighted by atomic mass is 16.5. The zero-order valence-corrected chi connectivity index (χ0v) is 9.23. The third-order valence-electron chi connectivity index (χ3n) is 3.23. The van der Waals surface area contributed by atoms with E-state index in [1.807, 2.05) is 0 Å². The molecule has 88 valence electrons. The zero-order chi connectivity index (χ0) is 11.7. The topological polar surface area (TPSA) is 72.4 Å². The minimum Gasteiger partial charge on any atom is -0.477 e. The molecule has 16 heavy (non-hydrogen) atoms. The summed E-state index contributed by atoms with van der Waals surface area (Å²) < 4.78 is 6.16. The van der Waals surface area contributed by atoms with E-state index in [4.69, 9.17) is 9.63 Å². The van der Waals surface area contributed by atoms with Crippen LogP contribution < -0.4 is 5.63 Å². The number of nitrogens with zero attached hydrogens (tertiary/aromatic N) is 1. The number of aromatic nitrogens is 1. The highest BCUT2D eigenvalue weighted by Crippen LogP contribution is 2.33. The van der Waals surface area contributed by atoms with E-state index in [1.165, 1.54) is 11.2 Å². The fourth-order valence-electron chi connectivity index (χ4n) is 2.52. The summed E-state index contributed by atoms with van der Waals surface area (Å²) in [5.74, 6) is -1.04. The maximum atomic E-state index is 11.4. The molecule has 0 amide bonds. The lowest BCUT2D eigenvalue weighted by Crippen LogP contribution is -2.16. The first-order chi connectivity index (χ1) is 7.61. The van der Waals surface area contributed by atoms with Crippen LogP contribution in [0.5, 0.6) is 0 Å². The van der Waals surface area contributed by atoms with Gasteiger partial charge in [0, 0.05) is 13.0 Å². The Bertz CT molecular complexity index is 451. The summed E-state index contributed by atoms with van der Waals surface area (Å²) in [6.07, 6.45) is 5.23. The van der Waals surface area contributed by atoms with Gasteiger partial charge in [-0.3, -0.25) is 0 Å². The number of carboxylic acid groups (broad SMARTS) is 1. The van der Waals surface area contributed by atoms with Crippen LogP contribution in [0.2, 0.25) is 0 Å². The predicted octanol–water partition coefficient (Wildman–Crippen LogP) is 1.72. The van der Waals surface area contributed by atoms with Crippen molar-refractivity contribution in [1.29, 1.82) is 0 Å². The maximum absolute atomic E-state index is 11.4. The summed E-state index contributed by atoms with van der Waals surface area (Å²) in [7, 11) is 1.60. The van der Waals surface area contributed by atoms with Crippen molar-refractivity contribution < 1.29 is 14.4 Å². The quantitative estimate of drug-likeness (QED) is 0.831. The lowest BCUT2D eigenvalue weighted by atomic mass is 9.85.